The van der Waals surface area contributed by atoms with Crippen molar-refractivity contribution in [1.29, 1.82) is 0 Å². The Morgan fingerprint density at radius 2 is 1.53 bits per heavy atom. The summed E-state index contributed by atoms with van der Waals surface area (Å²) in [7, 11) is 0. The Hall–Kier alpha value is -1.60. The van der Waals surface area contributed by atoms with Crippen LogP contribution in [0.2, 0.25) is 0 Å². The molecule has 2 atom stereocenters. The Balaban J connectivity index is 2.02. The normalized spacial score (nSPS) is 14.1. The van der Waals surface area contributed by atoms with Crippen LogP contribution in [0.1, 0.15) is 49.0 Å². The van der Waals surface area contributed by atoms with Crippen LogP contribution in [0.25, 0.3) is 0 Å². The van der Waals surface area contributed by atoms with E-state index in [2.05, 4.69) is 38.1 Å². The van der Waals surface area contributed by atoms with Gasteiger partial charge in [-0.2, -0.15) is 0 Å². The minimum Gasteiger partial charge on any atom is -0.388 e. The first-order valence-corrected chi connectivity index (χ1v) is 7.02. The van der Waals surface area contributed by atoms with Crippen molar-refractivity contribution >= 4 is 0 Å². The van der Waals surface area contributed by atoms with Crippen molar-refractivity contribution in [2.45, 2.75) is 38.7 Å². The van der Waals surface area contributed by atoms with Crippen molar-refractivity contribution < 1.29 is 5.11 Å². The number of rotatable bonds is 5. The lowest BCUT2D eigenvalue weighted by atomic mass is 9.92. The van der Waals surface area contributed by atoms with Gasteiger partial charge < -0.3 is 5.11 Å². The van der Waals surface area contributed by atoms with Crippen LogP contribution in [-0.2, 0) is 6.42 Å². The van der Waals surface area contributed by atoms with E-state index in [9.17, 15) is 5.11 Å². The fourth-order valence-electron chi connectivity index (χ4n) is 2.36. The van der Waals surface area contributed by atoms with E-state index in [-0.39, 0.29) is 6.10 Å². The summed E-state index contributed by atoms with van der Waals surface area (Å²) < 4.78 is 0. The lowest BCUT2D eigenvalue weighted by Gasteiger charge is -2.17. The molecule has 0 spiro atoms. The smallest absolute Gasteiger partial charge is 0.0795 e. The average Bonchev–Trinajstić information content (AvgIpc) is 2.48. The number of aliphatic hydroxyl groups excluding tert-OH is 1. The SMILES string of the molecule is CCc1ccc(C(O)CC(C)c2ccccc2)cc1. The zero-order chi connectivity index (χ0) is 13.7. The molecule has 0 radical (unpaired) electrons. The Morgan fingerprint density at radius 3 is 2.11 bits per heavy atom. The van der Waals surface area contributed by atoms with Crippen LogP contribution in [-0.4, -0.2) is 5.11 Å². The third-order valence-electron chi connectivity index (χ3n) is 3.72. The maximum absolute atomic E-state index is 10.3. The third kappa shape index (κ3) is 3.68. The summed E-state index contributed by atoms with van der Waals surface area (Å²) in [5.74, 6) is 0.363. The summed E-state index contributed by atoms with van der Waals surface area (Å²) in [6.07, 6.45) is 1.41. The van der Waals surface area contributed by atoms with Gasteiger partial charge in [0.25, 0.3) is 0 Å². The number of aliphatic hydroxyl groups is 1. The van der Waals surface area contributed by atoms with Crippen molar-refractivity contribution in [2.24, 2.45) is 0 Å². The second kappa shape index (κ2) is 6.53. The summed E-state index contributed by atoms with van der Waals surface area (Å²) in [6, 6.07) is 18.7. The fraction of sp³-hybridized carbons (Fsp3) is 0.333. The van der Waals surface area contributed by atoms with Crippen LogP contribution in [0, 0.1) is 0 Å². The van der Waals surface area contributed by atoms with Crippen molar-refractivity contribution in [3.05, 3.63) is 71.3 Å². The Bertz CT molecular complexity index is 487. The van der Waals surface area contributed by atoms with E-state index >= 15 is 0 Å². The number of hydrogen-bond donors (Lipinski definition) is 1. The molecular weight excluding hydrogens is 232 g/mol. The molecule has 0 aromatic heterocycles. The Kier molecular flexibility index (Phi) is 4.75. The monoisotopic (exact) mass is 254 g/mol. The molecule has 0 heterocycles. The van der Waals surface area contributed by atoms with E-state index in [1.165, 1.54) is 11.1 Å². The van der Waals surface area contributed by atoms with Crippen LogP contribution in [0.5, 0.6) is 0 Å². The summed E-state index contributed by atoms with van der Waals surface area (Å²) >= 11 is 0. The highest BCUT2D eigenvalue weighted by Gasteiger charge is 2.13. The lowest BCUT2D eigenvalue weighted by molar-refractivity contribution is 0.159. The Morgan fingerprint density at radius 1 is 0.895 bits per heavy atom. The molecule has 2 rings (SSSR count). The van der Waals surface area contributed by atoms with Crippen LogP contribution < -0.4 is 0 Å². The molecule has 0 aliphatic rings. The molecule has 0 aliphatic carbocycles. The first-order valence-electron chi connectivity index (χ1n) is 7.02. The molecule has 100 valence electrons. The van der Waals surface area contributed by atoms with E-state index in [1.807, 2.05) is 30.3 Å². The molecule has 1 N–H and O–H groups in total. The van der Waals surface area contributed by atoms with Crippen LogP contribution in [0.4, 0.5) is 0 Å². The second-order valence-electron chi connectivity index (χ2n) is 5.16. The number of hydrogen-bond acceptors (Lipinski definition) is 1. The van der Waals surface area contributed by atoms with Crippen molar-refractivity contribution in [2.75, 3.05) is 0 Å². The second-order valence-corrected chi connectivity index (χ2v) is 5.16. The van der Waals surface area contributed by atoms with Gasteiger partial charge in [0.2, 0.25) is 0 Å². The third-order valence-corrected chi connectivity index (χ3v) is 3.72. The summed E-state index contributed by atoms with van der Waals surface area (Å²) in [6.45, 7) is 4.31. The van der Waals surface area contributed by atoms with Crippen LogP contribution in [0.3, 0.4) is 0 Å². The van der Waals surface area contributed by atoms with Crippen LogP contribution in [0.15, 0.2) is 54.6 Å². The maximum atomic E-state index is 10.3. The first kappa shape index (κ1) is 13.8. The molecule has 19 heavy (non-hydrogen) atoms. The molecule has 0 bridgehead atoms. The zero-order valence-electron chi connectivity index (χ0n) is 11.7. The van der Waals surface area contributed by atoms with Gasteiger partial charge in [-0.15, -0.1) is 0 Å². The first-order chi connectivity index (χ1) is 9.20. The van der Waals surface area contributed by atoms with Gasteiger partial charge in [0.1, 0.15) is 0 Å². The highest BCUT2D eigenvalue weighted by Crippen LogP contribution is 2.27. The van der Waals surface area contributed by atoms with Gasteiger partial charge in [-0.25, -0.2) is 0 Å². The van der Waals surface area contributed by atoms with Gasteiger partial charge in [-0.1, -0.05) is 68.4 Å². The van der Waals surface area contributed by atoms with Gasteiger partial charge in [-0.3, -0.25) is 0 Å². The van der Waals surface area contributed by atoms with Gasteiger partial charge >= 0.3 is 0 Å². The predicted molar refractivity (Wildman–Crippen MR) is 80.3 cm³/mol. The summed E-state index contributed by atoms with van der Waals surface area (Å²) in [4.78, 5) is 0. The molecule has 0 saturated carbocycles. The minimum atomic E-state index is -0.388. The maximum Gasteiger partial charge on any atom is 0.0795 e. The number of benzene rings is 2. The van der Waals surface area contributed by atoms with E-state index in [0.717, 1.165) is 18.4 Å². The van der Waals surface area contributed by atoms with Crippen LogP contribution >= 0.6 is 0 Å². The summed E-state index contributed by atoms with van der Waals surface area (Å²) in [5, 5.41) is 10.3. The molecule has 0 amide bonds. The van der Waals surface area contributed by atoms with Gasteiger partial charge in [-0.05, 0) is 35.4 Å². The van der Waals surface area contributed by atoms with Crippen molar-refractivity contribution in [1.82, 2.24) is 0 Å². The molecular formula is C18H22O. The standard InChI is InChI=1S/C18H22O/c1-3-15-9-11-17(12-10-15)18(19)13-14(2)16-7-5-4-6-8-16/h4-12,14,18-19H,3,13H2,1-2H3. The average molecular weight is 254 g/mol. The van der Waals surface area contributed by atoms with Crippen molar-refractivity contribution in [3.8, 4) is 0 Å². The molecule has 2 unspecified atom stereocenters. The van der Waals surface area contributed by atoms with E-state index < -0.39 is 0 Å². The minimum absolute atomic E-state index is 0.363. The largest absolute Gasteiger partial charge is 0.388 e. The highest BCUT2D eigenvalue weighted by molar-refractivity contribution is 5.25. The molecule has 0 saturated heterocycles. The van der Waals surface area contributed by atoms with Gasteiger partial charge in [0, 0.05) is 0 Å². The lowest BCUT2D eigenvalue weighted by Crippen LogP contribution is -2.03. The quantitative estimate of drug-likeness (QED) is 0.834. The molecule has 1 nitrogen and oxygen atoms in total. The molecule has 0 fully saturated rings. The zero-order valence-corrected chi connectivity index (χ0v) is 11.7. The predicted octanol–water partition coefficient (Wildman–Crippen LogP) is 4.48. The van der Waals surface area contributed by atoms with E-state index in [4.69, 9.17) is 0 Å². The highest BCUT2D eigenvalue weighted by atomic mass is 16.3. The molecule has 2 aromatic carbocycles. The van der Waals surface area contributed by atoms with E-state index in [0.29, 0.717) is 5.92 Å². The molecule has 1 heteroatoms. The van der Waals surface area contributed by atoms with Crippen molar-refractivity contribution in [3.63, 3.8) is 0 Å². The van der Waals surface area contributed by atoms with Gasteiger partial charge in [0.15, 0.2) is 0 Å². The van der Waals surface area contributed by atoms with E-state index in [1.54, 1.807) is 0 Å². The Labute approximate surface area is 115 Å². The number of aryl methyl sites for hydroxylation is 1. The fourth-order valence-corrected chi connectivity index (χ4v) is 2.36. The molecule has 0 aliphatic heterocycles. The van der Waals surface area contributed by atoms with Gasteiger partial charge in [0.05, 0.1) is 6.10 Å². The topological polar surface area (TPSA) is 20.2 Å². The summed E-state index contributed by atoms with van der Waals surface area (Å²) in [5.41, 5.74) is 3.61. The molecule has 2 aromatic rings.